The number of methoxy groups -OCH3 is 4. The van der Waals surface area contributed by atoms with Gasteiger partial charge in [0.05, 0.1) is 60.3 Å². The maximum atomic E-state index is 13.8. The summed E-state index contributed by atoms with van der Waals surface area (Å²) in [7, 11) is 5.46. The van der Waals surface area contributed by atoms with Crippen LogP contribution >= 0.6 is 0 Å². The number of Topliss-reactive ketones (excluding diaryl/α,β-unsaturated/α-hetero) is 1. The summed E-state index contributed by atoms with van der Waals surface area (Å²) in [6.07, 6.45) is -6.31. The summed E-state index contributed by atoms with van der Waals surface area (Å²) in [6, 6.07) is 5.90. The molecule has 0 unspecified atom stereocenters. The van der Waals surface area contributed by atoms with Gasteiger partial charge >= 0.3 is 0 Å². The van der Waals surface area contributed by atoms with E-state index in [1.807, 2.05) is 0 Å². The summed E-state index contributed by atoms with van der Waals surface area (Å²) in [5.41, 5.74) is 0.718. The molecule has 0 amide bonds. The minimum absolute atomic E-state index is 0.0239. The molecule has 2 saturated heterocycles. The highest BCUT2D eigenvalue weighted by Gasteiger charge is 2.45. The zero-order chi connectivity index (χ0) is 29.1. The second-order valence-electron chi connectivity index (χ2n) is 9.48. The number of aliphatic hydroxyl groups is 3. The van der Waals surface area contributed by atoms with Gasteiger partial charge in [0, 0.05) is 11.5 Å². The van der Waals surface area contributed by atoms with Crippen molar-refractivity contribution in [1.29, 1.82) is 0 Å². The zero-order valence-corrected chi connectivity index (χ0v) is 22.5. The fraction of sp³-hybridized carbons (Fsp3) is 0.519. The van der Waals surface area contributed by atoms with Gasteiger partial charge in [0.15, 0.2) is 35.1 Å². The molecule has 0 spiro atoms. The number of aliphatic hydroxyl groups excluding tert-OH is 3. The number of aromatic hydroxyl groups is 2. The summed E-state index contributed by atoms with van der Waals surface area (Å²) < 4.78 is 38.3. The second kappa shape index (κ2) is 12.5. The summed E-state index contributed by atoms with van der Waals surface area (Å²) in [4.78, 5) is 13.8. The maximum Gasteiger partial charge on any atom is 0.200 e. The maximum absolute atomic E-state index is 13.8. The average Bonchev–Trinajstić information content (AvgIpc) is 3.39. The lowest BCUT2D eigenvalue weighted by molar-refractivity contribution is -0.273. The van der Waals surface area contributed by atoms with E-state index in [0.717, 1.165) is 0 Å². The quantitative estimate of drug-likeness (QED) is 0.255. The molecule has 5 N–H and O–H groups in total. The molecule has 220 valence electrons. The Hall–Kier alpha value is -3.33. The number of carbonyl (C=O) groups excluding carboxylic acids is 1. The molecule has 2 aromatic rings. The van der Waals surface area contributed by atoms with Crippen LogP contribution < -0.4 is 18.9 Å². The van der Waals surface area contributed by atoms with Crippen LogP contribution in [0.5, 0.6) is 34.5 Å². The Balaban J connectivity index is 1.69. The van der Waals surface area contributed by atoms with E-state index in [9.17, 15) is 30.3 Å². The van der Waals surface area contributed by atoms with Gasteiger partial charge in [-0.05, 0) is 29.8 Å². The van der Waals surface area contributed by atoms with Crippen molar-refractivity contribution in [2.45, 2.75) is 30.7 Å². The van der Waals surface area contributed by atoms with Crippen LogP contribution in [0.4, 0.5) is 0 Å². The van der Waals surface area contributed by atoms with Crippen LogP contribution in [0.2, 0.25) is 0 Å². The third-order valence-electron chi connectivity index (χ3n) is 7.20. The fourth-order valence-electron chi connectivity index (χ4n) is 4.94. The van der Waals surface area contributed by atoms with Crippen LogP contribution in [0.3, 0.4) is 0 Å². The summed E-state index contributed by atoms with van der Waals surface area (Å²) in [5.74, 6) is -1.92. The van der Waals surface area contributed by atoms with E-state index < -0.39 is 42.5 Å². The Bertz CT molecular complexity index is 1150. The highest BCUT2D eigenvalue weighted by Crippen LogP contribution is 2.46. The lowest BCUT2D eigenvalue weighted by atomic mass is 9.83. The third-order valence-corrected chi connectivity index (χ3v) is 7.20. The Morgan fingerprint density at radius 2 is 1.32 bits per heavy atom. The molecule has 2 heterocycles. The Kier molecular flexibility index (Phi) is 9.23. The van der Waals surface area contributed by atoms with E-state index in [0.29, 0.717) is 5.56 Å². The highest BCUT2D eigenvalue weighted by molar-refractivity contribution is 5.99. The SMILES string of the molecule is COc1cc(C(=O)[C@H]2CO[C@H](c3cc(OC)c(O)c(OC)c3)[C@H]2CO[C@@H]2OC[C@@H](O)[C@H](O)[C@H]2O)cc(OC)c1O. The molecule has 7 atom stereocenters. The standard InChI is InChI=1S/C27H34O13/c1-34-17-5-12(6-18(35-2)23(17)31)21(29)14-9-38-26(13-7-19(36-3)24(32)20(8-13)37-4)15(14)10-39-27-25(33)22(30)16(28)11-40-27/h5-8,14-16,22,25-28,30-33H,9-11H2,1-4H3/t14-,15-,16+,22-,25+,26+,27+/m0/s1. The van der Waals surface area contributed by atoms with Crippen molar-refractivity contribution in [2.24, 2.45) is 11.8 Å². The van der Waals surface area contributed by atoms with Gasteiger partial charge in [-0.25, -0.2) is 0 Å². The molecular weight excluding hydrogens is 532 g/mol. The average molecular weight is 567 g/mol. The monoisotopic (exact) mass is 566 g/mol. The molecule has 0 radical (unpaired) electrons. The molecule has 4 rings (SSSR count). The van der Waals surface area contributed by atoms with Crippen molar-refractivity contribution in [3.8, 4) is 34.5 Å². The van der Waals surface area contributed by atoms with Crippen LogP contribution in [0.1, 0.15) is 22.0 Å². The molecule has 0 aliphatic carbocycles. The van der Waals surface area contributed by atoms with Gasteiger partial charge in [-0.1, -0.05) is 0 Å². The summed E-state index contributed by atoms with van der Waals surface area (Å²) >= 11 is 0. The number of hydrogen-bond acceptors (Lipinski definition) is 13. The fourth-order valence-corrected chi connectivity index (χ4v) is 4.94. The van der Waals surface area contributed by atoms with Crippen molar-refractivity contribution in [2.75, 3.05) is 48.3 Å². The molecule has 0 saturated carbocycles. The van der Waals surface area contributed by atoms with Gasteiger partial charge in [-0.3, -0.25) is 4.79 Å². The normalized spacial score (nSPS) is 28.2. The third kappa shape index (κ3) is 5.61. The van der Waals surface area contributed by atoms with Crippen LogP contribution in [0.25, 0.3) is 0 Å². The Morgan fingerprint density at radius 1 is 0.800 bits per heavy atom. The first-order valence-electron chi connectivity index (χ1n) is 12.5. The zero-order valence-electron chi connectivity index (χ0n) is 22.5. The molecule has 2 aromatic carbocycles. The second-order valence-corrected chi connectivity index (χ2v) is 9.48. The minimum atomic E-state index is -1.53. The molecule has 0 aromatic heterocycles. The number of ketones is 1. The predicted octanol–water partition coefficient (Wildman–Crippen LogP) is 0.774. The molecular formula is C27H34O13. The van der Waals surface area contributed by atoms with E-state index in [1.165, 1.54) is 40.6 Å². The smallest absolute Gasteiger partial charge is 0.200 e. The van der Waals surface area contributed by atoms with Gasteiger partial charge in [-0.15, -0.1) is 0 Å². The van der Waals surface area contributed by atoms with Gasteiger partial charge in [0.2, 0.25) is 11.5 Å². The van der Waals surface area contributed by atoms with Gasteiger partial charge in [-0.2, -0.15) is 0 Å². The van der Waals surface area contributed by atoms with Crippen LogP contribution in [0.15, 0.2) is 24.3 Å². The van der Waals surface area contributed by atoms with Crippen LogP contribution in [-0.2, 0) is 14.2 Å². The van der Waals surface area contributed by atoms with E-state index in [4.69, 9.17) is 33.2 Å². The molecule has 40 heavy (non-hydrogen) atoms. The van der Waals surface area contributed by atoms with Crippen LogP contribution in [-0.4, -0.2) is 104 Å². The van der Waals surface area contributed by atoms with E-state index in [2.05, 4.69) is 0 Å². The molecule has 13 heteroatoms. The van der Waals surface area contributed by atoms with Crippen molar-refractivity contribution in [1.82, 2.24) is 0 Å². The molecule has 13 nitrogen and oxygen atoms in total. The van der Waals surface area contributed by atoms with Gasteiger partial charge < -0.3 is 58.7 Å². The first kappa shape index (κ1) is 29.6. The lowest BCUT2D eigenvalue weighted by Gasteiger charge is -2.36. The predicted molar refractivity (Wildman–Crippen MR) is 136 cm³/mol. The van der Waals surface area contributed by atoms with E-state index >= 15 is 0 Å². The molecule has 2 fully saturated rings. The summed E-state index contributed by atoms with van der Waals surface area (Å²) in [5, 5.41) is 50.8. The number of benzene rings is 2. The summed E-state index contributed by atoms with van der Waals surface area (Å²) in [6.45, 7) is -0.442. The number of carbonyl (C=O) groups is 1. The molecule has 2 aliphatic rings. The number of ether oxygens (including phenoxy) is 7. The van der Waals surface area contributed by atoms with Crippen LogP contribution in [0, 0.1) is 11.8 Å². The van der Waals surface area contributed by atoms with Crippen molar-refractivity contribution in [3.63, 3.8) is 0 Å². The van der Waals surface area contributed by atoms with Gasteiger partial charge in [0.25, 0.3) is 0 Å². The first-order chi connectivity index (χ1) is 19.1. The number of rotatable bonds is 10. The Morgan fingerprint density at radius 3 is 1.85 bits per heavy atom. The van der Waals surface area contributed by atoms with E-state index in [-0.39, 0.29) is 65.7 Å². The number of phenols is 2. The van der Waals surface area contributed by atoms with Crippen molar-refractivity contribution in [3.05, 3.63) is 35.4 Å². The number of hydrogen-bond donors (Lipinski definition) is 5. The first-order valence-corrected chi connectivity index (χ1v) is 12.5. The van der Waals surface area contributed by atoms with Gasteiger partial charge in [0.1, 0.15) is 18.3 Å². The molecule has 0 bridgehead atoms. The highest BCUT2D eigenvalue weighted by atomic mass is 16.7. The topological polar surface area (TPSA) is 183 Å². The Labute approximate surface area is 230 Å². The minimum Gasteiger partial charge on any atom is -0.502 e. The van der Waals surface area contributed by atoms with E-state index in [1.54, 1.807) is 12.1 Å². The number of phenolic OH excluding ortho intramolecular Hbond substituents is 2. The lowest BCUT2D eigenvalue weighted by Crippen LogP contribution is -2.54. The van der Waals surface area contributed by atoms with Crippen molar-refractivity contribution < 1.29 is 63.5 Å². The molecule has 2 aliphatic heterocycles. The largest absolute Gasteiger partial charge is 0.502 e. The van der Waals surface area contributed by atoms with Crippen molar-refractivity contribution >= 4 is 5.78 Å².